The van der Waals surface area contributed by atoms with Crippen LogP contribution < -0.4 is 4.74 Å². The zero-order valence-corrected chi connectivity index (χ0v) is 26.3. The van der Waals surface area contributed by atoms with Gasteiger partial charge in [-0.15, -0.1) is 0 Å². The first-order valence-electron chi connectivity index (χ1n) is 15.2. The Balaban J connectivity index is 1.60. The molecular formula is C33H40N2O10. The maximum Gasteiger partial charge on any atom is 0.202 e. The number of ketones is 3. The average Bonchev–Trinajstić information content (AvgIpc) is 3.00. The van der Waals surface area contributed by atoms with Crippen molar-refractivity contribution in [2.45, 2.75) is 90.1 Å². The zero-order valence-electron chi connectivity index (χ0n) is 26.3. The van der Waals surface area contributed by atoms with Crippen LogP contribution in [0.3, 0.4) is 0 Å². The normalized spacial score (nSPS) is 27.8. The van der Waals surface area contributed by atoms with Crippen molar-refractivity contribution >= 4 is 23.2 Å². The molecule has 4 N–H and O–H groups in total. The van der Waals surface area contributed by atoms with Gasteiger partial charge in [-0.25, -0.2) is 0 Å². The Kier molecular flexibility index (Phi) is 8.80. The number of hydrogen-bond acceptors (Lipinski definition) is 11. The van der Waals surface area contributed by atoms with Crippen LogP contribution in [-0.4, -0.2) is 98.9 Å². The fourth-order valence-electron chi connectivity index (χ4n) is 6.73. The standard InChI is InChI=1S/C33H40N2O10/c1-7-35(8-2)17(5)34-20-12-23(44-15(3)28(20)37)45-22-14-33(42,16(4)36)13-19-25(22)32(41)27-26(30(19)39)29(38)18-10-9-11-21(43-6)24(18)31(27)40/h9-11,15,20,22-23,28,37,39,41-42H,7-8,12-14H2,1-6H3/t15?,20-,22-,23?,28?,33?/m0/s1. The number of methoxy groups -OCH3 is 1. The number of phenolic OH excluding ortho intramolecular Hbond substituents is 2. The van der Waals surface area contributed by atoms with Gasteiger partial charge < -0.3 is 39.5 Å². The third-order valence-electron chi connectivity index (χ3n) is 9.30. The number of carbonyl (C=O) groups is 3. The van der Waals surface area contributed by atoms with E-state index < -0.39 is 82.6 Å². The molecule has 12 heteroatoms. The molecule has 1 heterocycles. The summed E-state index contributed by atoms with van der Waals surface area (Å²) in [6.45, 7) is 10.2. The van der Waals surface area contributed by atoms with Crippen molar-refractivity contribution in [2.75, 3.05) is 20.2 Å². The molecule has 3 aliphatic rings. The lowest BCUT2D eigenvalue weighted by Crippen LogP contribution is -2.49. The summed E-state index contributed by atoms with van der Waals surface area (Å²) in [6.07, 6.45) is -4.55. The number of aromatic hydroxyl groups is 2. The highest BCUT2D eigenvalue weighted by Gasteiger charge is 2.49. The third-order valence-corrected chi connectivity index (χ3v) is 9.30. The third kappa shape index (κ3) is 5.39. The molecule has 5 rings (SSSR count). The highest BCUT2D eigenvalue weighted by atomic mass is 16.7. The Labute approximate surface area is 261 Å². The van der Waals surface area contributed by atoms with E-state index >= 15 is 0 Å². The molecule has 12 nitrogen and oxygen atoms in total. The molecule has 0 spiro atoms. The Bertz CT molecular complexity index is 1580. The van der Waals surface area contributed by atoms with Gasteiger partial charge in [0, 0.05) is 49.0 Å². The smallest absolute Gasteiger partial charge is 0.202 e. The fourth-order valence-corrected chi connectivity index (χ4v) is 6.73. The number of phenols is 2. The van der Waals surface area contributed by atoms with Crippen LogP contribution in [-0.2, 0) is 20.7 Å². The molecule has 0 radical (unpaired) electrons. The lowest BCUT2D eigenvalue weighted by molar-refractivity contribution is -0.247. The van der Waals surface area contributed by atoms with E-state index in [0.717, 1.165) is 18.9 Å². The van der Waals surface area contributed by atoms with Crippen molar-refractivity contribution in [1.29, 1.82) is 0 Å². The van der Waals surface area contributed by atoms with Gasteiger partial charge in [-0.3, -0.25) is 19.4 Å². The van der Waals surface area contributed by atoms with Crippen LogP contribution in [0.25, 0.3) is 0 Å². The van der Waals surface area contributed by atoms with E-state index in [9.17, 15) is 34.8 Å². The number of nitrogens with zero attached hydrogens (tertiary/aromatic N) is 2. The molecule has 1 fully saturated rings. The second-order valence-electron chi connectivity index (χ2n) is 11.9. The summed E-state index contributed by atoms with van der Waals surface area (Å²) in [5.74, 6) is -2.42. The van der Waals surface area contributed by atoms with Crippen molar-refractivity contribution in [3.05, 3.63) is 51.6 Å². The number of aliphatic imine (C=N–C) groups is 1. The molecule has 45 heavy (non-hydrogen) atoms. The molecule has 0 saturated carbocycles. The van der Waals surface area contributed by atoms with E-state index in [-0.39, 0.29) is 40.8 Å². The van der Waals surface area contributed by atoms with Crippen molar-refractivity contribution in [1.82, 2.24) is 4.90 Å². The minimum atomic E-state index is -2.02. The van der Waals surface area contributed by atoms with Crippen LogP contribution in [0.2, 0.25) is 0 Å². The monoisotopic (exact) mass is 624 g/mol. The molecule has 0 amide bonds. The number of carbonyl (C=O) groups excluding carboxylic acids is 3. The minimum absolute atomic E-state index is 0.0123. The van der Waals surface area contributed by atoms with Gasteiger partial charge in [-0.05, 0) is 40.7 Å². The summed E-state index contributed by atoms with van der Waals surface area (Å²) in [4.78, 5) is 47.0. The predicted molar refractivity (Wildman–Crippen MR) is 162 cm³/mol. The van der Waals surface area contributed by atoms with Gasteiger partial charge in [0.05, 0.1) is 47.9 Å². The van der Waals surface area contributed by atoms with E-state index in [1.807, 2.05) is 25.7 Å². The molecule has 2 aromatic carbocycles. The van der Waals surface area contributed by atoms with Crippen molar-refractivity contribution in [3.8, 4) is 17.2 Å². The van der Waals surface area contributed by atoms with E-state index in [1.165, 1.54) is 32.2 Å². The molecule has 6 atom stereocenters. The summed E-state index contributed by atoms with van der Waals surface area (Å²) in [7, 11) is 1.35. The topological polar surface area (TPSA) is 175 Å². The molecule has 4 unspecified atom stereocenters. The number of fused-ring (bicyclic) bond motifs is 3. The molecule has 0 bridgehead atoms. The Morgan fingerprint density at radius 2 is 1.76 bits per heavy atom. The highest BCUT2D eigenvalue weighted by molar-refractivity contribution is 6.31. The van der Waals surface area contributed by atoms with E-state index in [2.05, 4.69) is 0 Å². The first-order chi connectivity index (χ1) is 21.3. The van der Waals surface area contributed by atoms with Crippen molar-refractivity contribution < 1.29 is 49.0 Å². The van der Waals surface area contributed by atoms with Gasteiger partial charge in [0.25, 0.3) is 0 Å². The van der Waals surface area contributed by atoms with E-state index in [0.29, 0.717) is 0 Å². The summed E-state index contributed by atoms with van der Waals surface area (Å²) in [5.41, 5.74) is -3.03. The van der Waals surface area contributed by atoms with Gasteiger partial charge in [0.1, 0.15) is 29.0 Å². The van der Waals surface area contributed by atoms with Crippen molar-refractivity contribution in [2.24, 2.45) is 4.99 Å². The number of Topliss-reactive ketones (excluding diaryl/α,β-unsaturated/α-hetero) is 1. The number of aliphatic hydroxyl groups is 2. The van der Waals surface area contributed by atoms with Gasteiger partial charge in [0.2, 0.25) is 5.78 Å². The lowest BCUT2D eigenvalue weighted by atomic mass is 9.72. The van der Waals surface area contributed by atoms with Crippen LogP contribution in [0.4, 0.5) is 0 Å². The van der Waals surface area contributed by atoms with E-state index in [4.69, 9.17) is 19.2 Å². The van der Waals surface area contributed by atoms with Gasteiger partial charge >= 0.3 is 0 Å². The summed E-state index contributed by atoms with van der Waals surface area (Å²) in [5, 5.41) is 45.5. The second kappa shape index (κ2) is 12.2. The zero-order chi connectivity index (χ0) is 33.0. The molecule has 1 saturated heterocycles. The fraction of sp³-hybridized carbons (Fsp3) is 0.515. The summed E-state index contributed by atoms with van der Waals surface area (Å²) in [6, 6.07) is 3.86. The number of rotatable bonds is 7. The summed E-state index contributed by atoms with van der Waals surface area (Å²) >= 11 is 0. The van der Waals surface area contributed by atoms with Crippen LogP contribution in [0.15, 0.2) is 23.2 Å². The number of hydrogen-bond donors (Lipinski definition) is 4. The minimum Gasteiger partial charge on any atom is -0.507 e. The highest BCUT2D eigenvalue weighted by Crippen LogP contribution is 2.52. The largest absolute Gasteiger partial charge is 0.507 e. The lowest BCUT2D eigenvalue weighted by Gasteiger charge is -2.42. The Hall–Kier alpha value is -3.84. The molecular weight excluding hydrogens is 584 g/mol. The SMILES string of the molecule is CCN(CC)C(C)=N[C@H]1CC(O[C@H]2CC(O)(C(C)=O)Cc3c(O)c4c(c(O)c32)C(=O)c2c(OC)cccc2C4=O)OC(C)C1O. The molecule has 0 aromatic heterocycles. The van der Waals surface area contributed by atoms with Crippen molar-refractivity contribution in [3.63, 3.8) is 0 Å². The quantitative estimate of drug-likeness (QED) is 0.173. The number of benzene rings is 2. The Morgan fingerprint density at radius 1 is 1.09 bits per heavy atom. The maximum absolute atomic E-state index is 13.8. The maximum atomic E-state index is 13.8. The number of aliphatic hydroxyl groups excluding tert-OH is 1. The first-order valence-corrected chi connectivity index (χ1v) is 15.2. The number of amidine groups is 1. The van der Waals surface area contributed by atoms with E-state index in [1.54, 1.807) is 6.92 Å². The van der Waals surface area contributed by atoms with Crippen LogP contribution >= 0.6 is 0 Å². The van der Waals surface area contributed by atoms with Gasteiger partial charge in [-0.1, -0.05) is 12.1 Å². The second-order valence-corrected chi connectivity index (χ2v) is 11.9. The molecule has 2 aromatic rings. The predicted octanol–water partition coefficient (Wildman–Crippen LogP) is 2.83. The first kappa shape index (κ1) is 32.6. The van der Waals surface area contributed by atoms with Crippen LogP contribution in [0.5, 0.6) is 17.2 Å². The van der Waals surface area contributed by atoms with Gasteiger partial charge in [-0.2, -0.15) is 0 Å². The van der Waals surface area contributed by atoms with Gasteiger partial charge in [0.15, 0.2) is 17.9 Å². The average molecular weight is 625 g/mol. The molecule has 2 aliphatic carbocycles. The number of ether oxygens (including phenoxy) is 3. The summed E-state index contributed by atoms with van der Waals surface area (Å²) < 4.78 is 17.6. The molecule has 242 valence electrons. The molecule has 1 aliphatic heterocycles. The Morgan fingerprint density at radius 3 is 2.38 bits per heavy atom. The van der Waals surface area contributed by atoms with Crippen LogP contribution in [0, 0.1) is 0 Å². The van der Waals surface area contributed by atoms with Crippen LogP contribution in [0.1, 0.15) is 96.5 Å².